The van der Waals surface area contributed by atoms with Crippen molar-refractivity contribution in [1.82, 2.24) is 10.9 Å². The first-order chi connectivity index (χ1) is 14.2. The molecule has 0 atom stereocenters. The van der Waals surface area contributed by atoms with Gasteiger partial charge in [0.2, 0.25) is 0 Å². The Morgan fingerprint density at radius 2 is 1.69 bits per heavy atom. The third kappa shape index (κ3) is 5.72. The van der Waals surface area contributed by atoms with Crippen molar-refractivity contribution in [3.63, 3.8) is 0 Å². The molecular weight excluding hydrogens is 368 g/mol. The van der Waals surface area contributed by atoms with Crippen LogP contribution in [0.2, 0.25) is 0 Å². The highest BCUT2D eigenvalue weighted by Crippen LogP contribution is 2.24. The second-order valence-corrected chi connectivity index (χ2v) is 6.50. The summed E-state index contributed by atoms with van der Waals surface area (Å²) in [6.07, 6.45) is 1.98. The maximum absolute atomic E-state index is 12.3. The van der Waals surface area contributed by atoms with Gasteiger partial charge < -0.3 is 9.47 Å². The van der Waals surface area contributed by atoms with Crippen molar-refractivity contribution in [2.45, 2.75) is 19.8 Å². The first-order valence-electron chi connectivity index (χ1n) is 9.60. The van der Waals surface area contributed by atoms with Crippen LogP contribution in [0.5, 0.6) is 11.5 Å². The molecule has 0 saturated heterocycles. The number of carbonyl (C=O) groups is 2. The molecule has 6 heteroatoms. The van der Waals surface area contributed by atoms with Crippen LogP contribution in [-0.2, 0) is 4.79 Å². The Hall–Kier alpha value is -3.54. The van der Waals surface area contributed by atoms with E-state index in [2.05, 4.69) is 17.8 Å². The predicted octanol–water partition coefficient (Wildman–Crippen LogP) is 3.86. The first kappa shape index (κ1) is 20.2. The van der Waals surface area contributed by atoms with Crippen LogP contribution < -0.4 is 20.3 Å². The van der Waals surface area contributed by atoms with E-state index in [-0.39, 0.29) is 6.61 Å². The summed E-state index contributed by atoms with van der Waals surface area (Å²) in [5.74, 6) is 0.351. The summed E-state index contributed by atoms with van der Waals surface area (Å²) in [4.78, 5) is 24.3. The number of hydrogen-bond acceptors (Lipinski definition) is 4. The molecule has 0 heterocycles. The minimum atomic E-state index is -0.457. The molecule has 0 radical (unpaired) electrons. The Bertz CT molecular complexity index is 982. The van der Waals surface area contributed by atoms with Gasteiger partial charge in [0, 0.05) is 10.9 Å². The zero-order chi connectivity index (χ0) is 20.5. The molecule has 2 amide bonds. The Balaban J connectivity index is 1.50. The summed E-state index contributed by atoms with van der Waals surface area (Å²) in [5, 5.41) is 1.95. The first-order valence-corrected chi connectivity index (χ1v) is 9.60. The van der Waals surface area contributed by atoms with Gasteiger partial charge in [0.15, 0.2) is 6.61 Å². The fraction of sp³-hybridized carbons (Fsp3) is 0.217. The Morgan fingerprint density at radius 3 is 2.55 bits per heavy atom. The molecule has 2 N–H and O–H groups in total. The fourth-order valence-corrected chi connectivity index (χ4v) is 2.76. The van der Waals surface area contributed by atoms with E-state index in [0.717, 1.165) is 23.6 Å². The number of ether oxygens (including phenoxy) is 2. The fourth-order valence-electron chi connectivity index (χ4n) is 2.76. The summed E-state index contributed by atoms with van der Waals surface area (Å²) in [6.45, 7) is 2.47. The maximum atomic E-state index is 12.3. The van der Waals surface area contributed by atoms with E-state index >= 15 is 0 Å². The normalized spacial score (nSPS) is 10.4. The molecule has 0 bridgehead atoms. The van der Waals surface area contributed by atoms with Crippen LogP contribution >= 0.6 is 0 Å². The molecule has 0 aliphatic rings. The number of fused-ring (bicyclic) bond motifs is 1. The monoisotopic (exact) mass is 392 g/mol. The number of hydrogen-bond donors (Lipinski definition) is 2. The number of amides is 2. The molecule has 0 aromatic heterocycles. The summed E-state index contributed by atoms with van der Waals surface area (Å²) < 4.78 is 11.2. The summed E-state index contributed by atoms with van der Waals surface area (Å²) >= 11 is 0. The highest BCUT2D eigenvalue weighted by Gasteiger charge is 2.10. The number of nitrogens with one attached hydrogen (secondary N) is 2. The van der Waals surface area contributed by atoms with Gasteiger partial charge in [-0.1, -0.05) is 55.8 Å². The molecular formula is C23H24N2O4. The molecule has 6 nitrogen and oxygen atoms in total. The molecule has 0 saturated carbocycles. The lowest BCUT2D eigenvalue weighted by atomic mass is 10.1. The van der Waals surface area contributed by atoms with E-state index in [1.54, 1.807) is 30.3 Å². The summed E-state index contributed by atoms with van der Waals surface area (Å²) in [5.41, 5.74) is 5.16. The number of benzene rings is 3. The average molecular weight is 392 g/mol. The molecule has 0 unspecified atom stereocenters. The van der Waals surface area contributed by atoms with Crippen molar-refractivity contribution >= 4 is 22.6 Å². The highest BCUT2D eigenvalue weighted by molar-refractivity contribution is 5.96. The molecule has 29 heavy (non-hydrogen) atoms. The van der Waals surface area contributed by atoms with Crippen LogP contribution in [-0.4, -0.2) is 25.0 Å². The third-order valence-corrected chi connectivity index (χ3v) is 4.29. The Kier molecular flexibility index (Phi) is 7.05. The average Bonchev–Trinajstić information content (AvgIpc) is 2.76. The van der Waals surface area contributed by atoms with Crippen molar-refractivity contribution in [3.05, 3.63) is 72.3 Å². The van der Waals surface area contributed by atoms with Crippen molar-refractivity contribution < 1.29 is 19.1 Å². The van der Waals surface area contributed by atoms with Gasteiger partial charge >= 0.3 is 0 Å². The minimum absolute atomic E-state index is 0.214. The van der Waals surface area contributed by atoms with Crippen molar-refractivity contribution in [2.24, 2.45) is 0 Å². The lowest BCUT2D eigenvalue weighted by Crippen LogP contribution is -2.43. The van der Waals surface area contributed by atoms with E-state index in [4.69, 9.17) is 9.47 Å². The van der Waals surface area contributed by atoms with Crippen LogP contribution in [0.25, 0.3) is 10.8 Å². The molecule has 0 fully saturated rings. The topological polar surface area (TPSA) is 76.7 Å². The number of carbonyl (C=O) groups excluding carboxylic acids is 2. The molecule has 3 aromatic carbocycles. The highest BCUT2D eigenvalue weighted by atomic mass is 16.5. The van der Waals surface area contributed by atoms with Crippen LogP contribution in [0, 0.1) is 0 Å². The van der Waals surface area contributed by atoms with E-state index in [1.165, 1.54) is 0 Å². The van der Waals surface area contributed by atoms with Gasteiger partial charge in [0.25, 0.3) is 11.8 Å². The van der Waals surface area contributed by atoms with Crippen LogP contribution in [0.15, 0.2) is 66.7 Å². The largest absolute Gasteiger partial charge is 0.494 e. The van der Waals surface area contributed by atoms with Gasteiger partial charge in [-0.05, 0) is 36.1 Å². The molecule has 3 rings (SSSR count). The predicted molar refractivity (Wildman–Crippen MR) is 112 cm³/mol. The zero-order valence-corrected chi connectivity index (χ0v) is 16.3. The zero-order valence-electron chi connectivity index (χ0n) is 16.3. The molecule has 150 valence electrons. The van der Waals surface area contributed by atoms with E-state index in [1.807, 2.05) is 36.4 Å². The number of hydrazine groups is 1. The maximum Gasteiger partial charge on any atom is 0.276 e. The Labute approximate surface area is 169 Å². The van der Waals surface area contributed by atoms with Crippen LogP contribution in [0.1, 0.15) is 30.1 Å². The number of unbranched alkanes of at least 4 members (excludes halogenated alkanes) is 1. The van der Waals surface area contributed by atoms with Crippen LogP contribution in [0.4, 0.5) is 0 Å². The van der Waals surface area contributed by atoms with E-state index in [0.29, 0.717) is 23.7 Å². The third-order valence-electron chi connectivity index (χ3n) is 4.29. The second kappa shape index (κ2) is 10.1. The summed E-state index contributed by atoms with van der Waals surface area (Å²) in [7, 11) is 0. The van der Waals surface area contributed by atoms with Gasteiger partial charge in [-0.25, -0.2) is 0 Å². The lowest BCUT2D eigenvalue weighted by molar-refractivity contribution is -0.123. The van der Waals surface area contributed by atoms with E-state index < -0.39 is 11.8 Å². The molecule has 0 aliphatic carbocycles. The van der Waals surface area contributed by atoms with E-state index in [9.17, 15) is 9.59 Å². The van der Waals surface area contributed by atoms with Crippen molar-refractivity contribution in [2.75, 3.05) is 13.2 Å². The van der Waals surface area contributed by atoms with Crippen molar-refractivity contribution in [1.29, 1.82) is 0 Å². The summed E-state index contributed by atoms with van der Waals surface area (Å²) in [6, 6.07) is 20.2. The van der Waals surface area contributed by atoms with Crippen LogP contribution in [0.3, 0.4) is 0 Å². The smallest absolute Gasteiger partial charge is 0.276 e. The van der Waals surface area contributed by atoms with Gasteiger partial charge in [0.05, 0.1) is 6.61 Å². The number of rotatable bonds is 8. The molecule has 0 aliphatic heterocycles. The Morgan fingerprint density at radius 1 is 0.897 bits per heavy atom. The lowest BCUT2D eigenvalue weighted by Gasteiger charge is -2.11. The van der Waals surface area contributed by atoms with Gasteiger partial charge in [0.1, 0.15) is 11.5 Å². The van der Waals surface area contributed by atoms with Gasteiger partial charge in [-0.3, -0.25) is 20.4 Å². The quantitative estimate of drug-likeness (QED) is 0.451. The van der Waals surface area contributed by atoms with Gasteiger partial charge in [-0.2, -0.15) is 0 Å². The second-order valence-electron chi connectivity index (χ2n) is 6.50. The molecule has 0 spiro atoms. The standard InChI is InChI=1S/C23H24N2O4/c1-2-3-14-28-19-11-6-10-18(15-19)23(27)25-24-22(26)16-29-21-13-7-9-17-8-4-5-12-20(17)21/h4-13,15H,2-3,14,16H2,1H3,(H,24,26)(H,25,27). The SMILES string of the molecule is CCCCOc1cccc(C(=O)NNC(=O)COc2cccc3ccccc23)c1. The van der Waals surface area contributed by atoms with Crippen molar-refractivity contribution in [3.8, 4) is 11.5 Å². The minimum Gasteiger partial charge on any atom is -0.494 e. The van der Waals surface area contributed by atoms with Gasteiger partial charge in [-0.15, -0.1) is 0 Å². The molecule has 3 aromatic rings.